The van der Waals surface area contributed by atoms with Gasteiger partial charge in [-0.3, -0.25) is 14.5 Å². The molecule has 1 aromatic carbocycles. The first kappa shape index (κ1) is 20.7. The first-order valence-corrected chi connectivity index (χ1v) is 9.53. The molecule has 0 spiro atoms. The number of aromatic nitrogens is 3. The Labute approximate surface area is 169 Å². The highest BCUT2D eigenvalue weighted by Gasteiger charge is 2.17. The SMILES string of the molecule is Cc1cnc(-c2cc(C(=O)NC(C)CO)cc(-c3ccnn3C(C)C)c2)c(F)c1. The number of nitrogens with one attached hydrogen (secondary N) is 1. The average molecular weight is 396 g/mol. The van der Waals surface area contributed by atoms with Gasteiger partial charge in [0.15, 0.2) is 0 Å². The van der Waals surface area contributed by atoms with Crippen molar-refractivity contribution in [3.63, 3.8) is 0 Å². The number of carbonyl (C=O) groups is 1. The van der Waals surface area contributed by atoms with Crippen molar-refractivity contribution in [2.24, 2.45) is 0 Å². The molecule has 0 fully saturated rings. The van der Waals surface area contributed by atoms with E-state index in [-0.39, 0.29) is 24.2 Å². The fraction of sp³-hybridized carbons (Fsp3) is 0.318. The molecule has 0 aliphatic heterocycles. The Hall–Kier alpha value is -3.06. The largest absolute Gasteiger partial charge is 0.394 e. The number of carbonyl (C=O) groups excluding carboxylic acids is 1. The molecule has 3 aromatic rings. The number of halogens is 1. The van der Waals surface area contributed by atoms with Crippen LogP contribution >= 0.6 is 0 Å². The highest BCUT2D eigenvalue weighted by Crippen LogP contribution is 2.30. The number of aryl methyl sites for hydroxylation is 1. The Balaban J connectivity index is 2.16. The normalized spacial score (nSPS) is 12.2. The average Bonchev–Trinajstić information content (AvgIpc) is 3.17. The van der Waals surface area contributed by atoms with Crippen LogP contribution in [0, 0.1) is 12.7 Å². The summed E-state index contributed by atoms with van der Waals surface area (Å²) >= 11 is 0. The third-order valence-electron chi connectivity index (χ3n) is 4.55. The van der Waals surface area contributed by atoms with E-state index < -0.39 is 11.9 Å². The van der Waals surface area contributed by atoms with Crippen molar-refractivity contribution in [3.05, 3.63) is 59.7 Å². The molecule has 152 valence electrons. The van der Waals surface area contributed by atoms with Gasteiger partial charge in [0.1, 0.15) is 11.5 Å². The summed E-state index contributed by atoms with van der Waals surface area (Å²) in [7, 11) is 0. The molecule has 0 aliphatic carbocycles. The summed E-state index contributed by atoms with van der Waals surface area (Å²) in [5, 5.41) is 16.3. The van der Waals surface area contributed by atoms with E-state index in [0.29, 0.717) is 11.1 Å². The lowest BCUT2D eigenvalue weighted by molar-refractivity contribution is 0.0922. The van der Waals surface area contributed by atoms with E-state index in [9.17, 15) is 14.3 Å². The maximum Gasteiger partial charge on any atom is 0.251 e. The summed E-state index contributed by atoms with van der Waals surface area (Å²) in [5.41, 5.74) is 3.30. The second-order valence-corrected chi connectivity index (χ2v) is 7.45. The Morgan fingerprint density at radius 1 is 1.21 bits per heavy atom. The van der Waals surface area contributed by atoms with Crippen LogP contribution in [-0.4, -0.2) is 38.4 Å². The van der Waals surface area contributed by atoms with Crippen molar-refractivity contribution in [1.82, 2.24) is 20.1 Å². The van der Waals surface area contributed by atoms with Crippen LogP contribution in [0.15, 0.2) is 42.7 Å². The van der Waals surface area contributed by atoms with E-state index in [4.69, 9.17) is 0 Å². The molecular formula is C22H25FN4O2. The van der Waals surface area contributed by atoms with Gasteiger partial charge in [0.05, 0.1) is 12.3 Å². The summed E-state index contributed by atoms with van der Waals surface area (Å²) in [4.78, 5) is 17.0. The Bertz CT molecular complexity index is 1030. The summed E-state index contributed by atoms with van der Waals surface area (Å²) < 4.78 is 16.4. The van der Waals surface area contributed by atoms with E-state index in [2.05, 4.69) is 15.4 Å². The Morgan fingerprint density at radius 2 is 1.93 bits per heavy atom. The molecule has 6 nitrogen and oxygen atoms in total. The maximum atomic E-state index is 14.6. The number of aliphatic hydroxyl groups is 1. The number of rotatable bonds is 6. The number of hydrogen-bond acceptors (Lipinski definition) is 4. The van der Waals surface area contributed by atoms with Gasteiger partial charge in [0.2, 0.25) is 0 Å². The lowest BCUT2D eigenvalue weighted by Crippen LogP contribution is -2.35. The number of pyridine rings is 1. The van der Waals surface area contributed by atoms with Crippen LogP contribution in [0.3, 0.4) is 0 Å². The number of hydrogen-bond donors (Lipinski definition) is 2. The zero-order valence-electron chi connectivity index (χ0n) is 17.0. The van der Waals surface area contributed by atoms with Gasteiger partial charge in [-0.1, -0.05) is 0 Å². The number of aliphatic hydroxyl groups excluding tert-OH is 1. The fourth-order valence-electron chi connectivity index (χ4n) is 3.10. The minimum Gasteiger partial charge on any atom is -0.394 e. The van der Waals surface area contributed by atoms with Crippen molar-refractivity contribution >= 4 is 5.91 Å². The molecule has 0 bridgehead atoms. The molecule has 0 radical (unpaired) electrons. The van der Waals surface area contributed by atoms with Crippen molar-refractivity contribution in [2.45, 2.75) is 39.8 Å². The molecule has 3 rings (SSSR count). The fourth-order valence-corrected chi connectivity index (χ4v) is 3.10. The molecular weight excluding hydrogens is 371 g/mol. The van der Waals surface area contributed by atoms with Crippen molar-refractivity contribution in [2.75, 3.05) is 6.61 Å². The van der Waals surface area contributed by atoms with Gasteiger partial charge in [-0.2, -0.15) is 5.10 Å². The summed E-state index contributed by atoms with van der Waals surface area (Å²) in [6.07, 6.45) is 3.29. The first-order valence-electron chi connectivity index (χ1n) is 9.53. The van der Waals surface area contributed by atoms with Gasteiger partial charge in [0, 0.05) is 41.2 Å². The molecule has 1 unspecified atom stereocenters. The van der Waals surface area contributed by atoms with E-state index >= 15 is 0 Å². The molecule has 1 atom stereocenters. The first-order chi connectivity index (χ1) is 13.8. The van der Waals surface area contributed by atoms with Crippen LogP contribution in [0.1, 0.15) is 42.7 Å². The predicted octanol–water partition coefficient (Wildman–Crippen LogP) is 3.75. The molecule has 1 amide bonds. The minimum absolute atomic E-state index is 0.115. The van der Waals surface area contributed by atoms with Crippen LogP contribution < -0.4 is 5.32 Å². The van der Waals surface area contributed by atoms with Gasteiger partial charge < -0.3 is 10.4 Å². The Kier molecular flexibility index (Phi) is 6.08. The van der Waals surface area contributed by atoms with Gasteiger partial charge >= 0.3 is 0 Å². The van der Waals surface area contributed by atoms with Crippen LogP contribution in [0.4, 0.5) is 4.39 Å². The second-order valence-electron chi connectivity index (χ2n) is 7.45. The number of nitrogens with zero attached hydrogens (tertiary/aromatic N) is 3. The molecule has 0 saturated carbocycles. The lowest BCUT2D eigenvalue weighted by atomic mass is 9.99. The zero-order valence-corrected chi connectivity index (χ0v) is 17.0. The molecule has 2 heterocycles. The van der Waals surface area contributed by atoms with Crippen LogP contribution in [0.5, 0.6) is 0 Å². The number of amides is 1. The molecule has 2 N–H and O–H groups in total. The quantitative estimate of drug-likeness (QED) is 0.665. The molecule has 7 heteroatoms. The van der Waals surface area contributed by atoms with Crippen LogP contribution in [0.2, 0.25) is 0 Å². The van der Waals surface area contributed by atoms with E-state index in [1.807, 2.05) is 30.7 Å². The van der Waals surface area contributed by atoms with Gasteiger partial charge in [-0.15, -0.1) is 0 Å². The van der Waals surface area contributed by atoms with Crippen LogP contribution in [-0.2, 0) is 0 Å². The van der Waals surface area contributed by atoms with Crippen LogP contribution in [0.25, 0.3) is 22.5 Å². The topological polar surface area (TPSA) is 80.0 Å². The second kappa shape index (κ2) is 8.53. The Morgan fingerprint density at radius 3 is 2.59 bits per heavy atom. The van der Waals surface area contributed by atoms with Crippen molar-refractivity contribution in [1.29, 1.82) is 0 Å². The zero-order chi connectivity index (χ0) is 21.1. The lowest BCUT2D eigenvalue weighted by Gasteiger charge is -2.15. The van der Waals surface area contributed by atoms with Gasteiger partial charge in [-0.25, -0.2) is 4.39 Å². The summed E-state index contributed by atoms with van der Waals surface area (Å²) in [6.45, 7) is 7.33. The molecule has 0 aliphatic rings. The molecule has 0 saturated heterocycles. The van der Waals surface area contributed by atoms with Crippen molar-refractivity contribution in [3.8, 4) is 22.5 Å². The third kappa shape index (κ3) is 4.51. The highest BCUT2D eigenvalue weighted by atomic mass is 19.1. The van der Waals surface area contributed by atoms with Gasteiger partial charge in [0.25, 0.3) is 5.91 Å². The minimum atomic E-state index is -0.449. The summed E-state index contributed by atoms with van der Waals surface area (Å²) in [6, 6.07) is 8.15. The summed E-state index contributed by atoms with van der Waals surface area (Å²) in [5.74, 6) is -0.799. The van der Waals surface area contributed by atoms with Crippen molar-refractivity contribution < 1.29 is 14.3 Å². The molecule has 2 aromatic heterocycles. The van der Waals surface area contributed by atoms with E-state index in [0.717, 1.165) is 16.8 Å². The smallest absolute Gasteiger partial charge is 0.251 e. The molecule has 29 heavy (non-hydrogen) atoms. The highest BCUT2D eigenvalue weighted by molar-refractivity contribution is 5.97. The monoisotopic (exact) mass is 396 g/mol. The predicted molar refractivity (Wildman–Crippen MR) is 110 cm³/mol. The number of benzene rings is 1. The van der Waals surface area contributed by atoms with E-state index in [1.54, 1.807) is 38.4 Å². The van der Waals surface area contributed by atoms with E-state index in [1.165, 1.54) is 6.07 Å². The third-order valence-corrected chi connectivity index (χ3v) is 4.55. The van der Waals surface area contributed by atoms with Gasteiger partial charge in [-0.05, 0) is 63.6 Å². The maximum absolute atomic E-state index is 14.6. The standard InChI is InChI=1S/C22H25FN4O2/c1-13(2)27-20(5-6-25-27)16-8-17(21-19(23)7-14(3)11-24-21)10-18(9-16)22(29)26-15(4)12-28/h5-11,13,15,28H,12H2,1-4H3,(H,26,29).